The molecule has 44 heavy (non-hydrogen) atoms. The Bertz CT molecular complexity index is 1510. The molecule has 0 bridgehead atoms. The van der Waals surface area contributed by atoms with Crippen molar-refractivity contribution in [1.29, 1.82) is 0 Å². The van der Waals surface area contributed by atoms with Crippen molar-refractivity contribution in [3.05, 3.63) is 101 Å². The molecule has 3 aromatic rings. The van der Waals surface area contributed by atoms with Crippen LogP contribution in [0.1, 0.15) is 65.1 Å². The van der Waals surface area contributed by atoms with Crippen LogP contribution in [0, 0.1) is 0 Å². The van der Waals surface area contributed by atoms with E-state index >= 15 is 0 Å². The van der Waals surface area contributed by atoms with Gasteiger partial charge in [-0.2, -0.15) is 0 Å². The number of aliphatic carboxylic acids is 1. The lowest BCUT2D eigenvalue weighted by Gasteiger charge is -2.41. The highest BCUT2D eigenvalue weighted by atomic mass is 19.4. The van der Waals surface area contributed by atoms with E-state index in [1.54, 1.807) is 29.2 Å². The summed E-state index contributed by atoms with van der Waals surface area (Å²) < 4.78 is 42.0. The Morgan fingerprint density at radius 1 is 0.977 bits per heavy atom. The number of rotatable bonds is 10. The molecule has 5 rings (SSSR count). The van der Waals surface area contributed by atoms with Crippen molar-refractivity contribution in [3.8, 4) is 5.75 Å². The second kappa shape index (κ2) is 12.9. The standard InChI is InChI=1S/C33H32F3N3O5/c34-33(35,36)44-27-12-10-25(11-13-27)29-31(43)39(32(38-29)18-14-24(15-19-32)23-4-2-1-3-5-23)21-17-22-6-8-26(9-7-22)30(42)37-20-16-28(40)41/h1-13,24H,14-21H2,(H,37,42)(H,40,41). The lowest BCUT2D eigenvalue weighted by atomic mass is 9.78. The molecule has 8 nitrogen and oxygen atoms in total. The van der Waals surface area contributed by atoms with Crippen LogP contribution in [0.4, 0.5) is 13.2 Å². The summed E-state index contributed by atoms with van der Waals surface area (Å²) in [6.07, 6.45) is -1.54. The Hall–Kier alpha value is -4.67. The number of ether oxygens (including phenoxy) is 1. The number of hydrogen-bond donors (Lipinski definition) is 2. The molecule has 11 heteroatoms. The predicted molar refractivity (Wildman–Crippen MR) is 156 cm³/mol. The van der Waals surface area contributed by atoms with Gasteiger partial charge in [0.25, 0.3) is 11.8 Å². The third-order valence-electron chi connectivity index (χ3n) is 8.15. The summed E-state index contributed by atoms with van der Waals surface area (Å²) in [7, 11) is 0. The van der Waals surface area contributed by atoms with Crippen LogP contribution in [0.2, 0.25) is 0 Å². The molecule has 1 aliphatic heterocycles. The molecule has 0 atom stereocenters. The number of nitrogens with zero attached hydrogens (tertiary/aromatic N) is 2. The van der Waals surface area contributed by atoms with E-state index < -0.39 is 18.0 Å². The number of nitrogens with one attached hydrogen (secondary N) is 1. The van der Waals surface area contributed by atoms with Gasteiger partial charge in [-0.1, -0.05) is 42.5 Å². The quantitative estimate of drug-likeness (QED) is 0.307. The molecule has 1 heterocycles. The van der Waals surface area contributed by atoms with Gasteiger partial charge >= 0.3 is 12.3 Å². The number of aliphatic imine (C=N–C) groups is 1. The van der Waals surface area contributed by atoms with Crippen molar-refractivity contribution in [3.63, 3.8) is 0 Å². The molecular weight excluding hydrogens is 575 g/mol. The second-order valence-electron chi connectivity index (χ2n) is 11.0. The normalized spacial score (nSPS) is 20.0. The summed E-state index contributed by atoms with van der Waals surface area (Å²) in [6, 6.07) is 22.3. The number of hydrogen-bond acceptors (Lipinski definition) is 5. The van der Waals surface area contributed by atoms with Gasteiger partial charge in [-0.25, -0.2) is 0 Å². The van der Waals surface area contributed by atoms with E-state index in [9.17, 15) is 27.6 Å². The zero-order chi connectivity index (χ0) is 31.3. The lowest BCUT2D eigenvalue weighted by molar-refractivity contribution is -0.274. The Labute approximate surface area is 252 Å². The number of carboxylic acids is 1. The minimum Gasteiger partial charge on any atom is -0.481 e. The highest BCUT2D eigenvalue weighted by Crippen LogP contribution is 2.45. The maximum Gasteiger partial charge on any atom is 0.573 e. The smallest absolute Gasteiger partial charge is 0.481 e. The fourth-order valence-electron chi connectivity index (χ4n) is 5.91. The summed E-state index contributed by atoms with van der Waals surface area (Å²) in [5.74, 6) is -1.68. The molecule has 0 saturated heterocycles. The van der Waals surface area contributed by atoms with E-state index in [-0.39, 0.29) is 36.2 Å². The third-order valence-corrected chi connectivity index (χ3v) is 8.15. The van der Waals surface area contributed by atoms with Gasteiger partial charge < -0.3 is 20.1 Å². The van der Waals surface area contributed by atoms with Gasteiger partial charge in [0, 0.05) is 24.2 Å². The van der Waals surface area contributed by atoms with Crippen LogP contribution in [-0.2, 0) is 16.0 Å². The molecule has 1 aliphatic carbocycles. The molecule has 0 radical (unpaired) electrons. The van der Waals surface area contributed by atoms with Crippen LogP contribution in [0.5, 0.6) is 5.75 Å². The van der Waals surface area contributed by atoms with Crippen LogP contribution >= 0.6 is 0 Å². The van der Waals surface area contributed by atoms with Crippen LogP contribution < -0.4 is 10.1 Å². The summed E-state index contributed by atoms with van der Waals surface area (Å²) >= 11 is 0. The largest absolute Gasteiger partial charge is 0.573 e. The SMILES string of the molecule is O=C(O)CCNC(=O)c1ccc(CCN2C(=O)C(c3ccc(OC(F)(F)F)cc3)=NC23CCC(c2ccccc2)CC3)cc1. The Morgan fingerprint density at radius 2 is 1.64 bits per heavy atom. The maximum absolute atomic E-state index is 13.8. The molecule has 2 aliphatic rings. The molecule has 1 saturated carbocycles. The molecule has 230 valence electrons. The van der Waals surface area contributed by atoms with E-state index in [0.717, 1.165) is 18.4 Å². The highest BCUT2D eigenvalue weighted by molar-refractivity contribution is 6.46. The molecule has 1 fully saturated rings. The predicted octanol–water partition coefficient (Wildman–Crippen LogP) is 5.72. The average Bonchev–Trinajstić information content (AvgIpc) is 3.26. The summed E-state index contributed by atoms with van der Waals surface area (Å²) in [6.45, 7) is 0.391. The van der Waals surface area contributed by atoms with Gasteiger partial charge in [-0.3, -0.25) is 19.4 Å². The van der Waals surface area contributed by atoms with Crippen LogP contribution in [0.25, 0.3) is 0 Å². The van der Waals surface area contributed by atoms with Gasteiger partial charge in [-0.15, -0.1) is 13.2 Å². The van der Waals surface area contributed by atoms with Crippen molar-refractivity contribution in [2.45, 2.75) is 56.5 Å². The zero-order valence-electron chi connectivity index (χ0n) is 23.8. The number of carbonyl (C=O) groups excluding carboxylic acids is 2. The number of alkyl halides is 3. The minimum atomic E-state index is -4.82. The van der Waals surface area contributed by atoms with Crippen LogP contribution in [-0.4, -0.2) is 58.6 Å². The number of halogens is 3. The Balaban J connectivity index is 1.32. The van der Waals surface area contributed by atoms with Gasteiger partial charge in [0.2, 0.25) is 0 Å². The van der Waals surface area contributed by atoms with E-state index in [0.29, 0.717) is 42.9 Å². The molecular formula is C33H32F3N3O5. The average molecular weight is 608 g/mol. The Morgan fingerprint density at radius 3 is 2.25 bits per heavy atom. The summed E-state index contributed by atoms with van der Waals surface area (Å²) in [5, 5.41) is 11.3. The number of amides is 2. The van der Waals surface area contributed by atoms with Crippen molar-refractivity contribution >= 4 is 23.5 Å². The first-order valence-electron chi connectivity index (χ1n) is 14.4. The van der Waals surface area contributed by atoms with Gasteiger partial charge in [0.05, 0.1) is 6.42 Å². The second-order valence-corrected chi connectivity index (χ2v) is 11.0. The molecule has 2 amide bonds. The first kappa shape index (κ1) is 30.8. The monoisotopic (exact) mass is 607 g/mol. The minimum absolute atomic E-state index is 0.0284. The summed E-state index contributed by atoms with van der Waals surface area (Å²) in [5.41, 5.74) is 2.42. The van der Waals surface area contributed by atoms with Crippen molar-refractivity contribution in [1.82, 2.24) is 10.2 Å². The zero-order valence-corrected chi connectivity index (χ0v) is 23.8. The topological polar surface area (TPSA) is 108 Å². The van der Waals surface area contributed by atoms with E-state index in [4.69, 9.17) is 10.1 Å². The molecule has 1 spiro atoms. The lowest BCUT2D eigenvalue weighted by Crippen LogP contribution is -2.49. The fourth-order valence-corrected chi connectivity index (χ4v) is 5.91. The third kappa shape index (κ3) is 7.27. The molecule has 0 unspecified atom stereocenters. The molecule has 2 N–H and O–H groups in total. The molecule has 0 aromatic heterocycles. The first-order chi connectivity index (χ1) is 21.0. The van der Waals surface area contributed by atoms with Crippen LogP contribution in [0.15, 0.2) is 83.9 Å². The van der Waals surface area contributed by atoms with E-state index in [2.05, 4.69) is 22.2 Å². The highest BCUT2D eigenvalue weighted by Gasteiger charge is 2.48. The van der Waals surface area contributed by atoms with E-state index in [1.165, 1.54) is 29.8 Å². The Kier molecular flexibility index (Phi) is 9.03. The van der Waals surface area contributed by atoms with Crippen molar-refractivity contribution in [2.24, 2.45) is 4.99 Å². The molecule has 3 aromatic carbocycles. The van der Waals surface area contributed by atoms with Crippen molar-refractivity contribution < 1.29 is 37.4 Å². The van der Waals surface area contributed by atoms with Crippen LogP contribution in [0.3, 0.4) is 0 Å². The maximum atomic E-state index is 13.8. The van der Waals surface area contributed by atoms with E-state index in [1.807, 2.05) is 18.2 Å². The van der Waals surface area contributed by atoms with Gasteiger partial charge in [-0.05, 0) is 85.5 Å². The fraction of sp³-hybridized carbons (Fsp3) is 0.333. The summed E-state index contributed by atoms with van der Waals surface area (Å²) in [4.78, 5) is 43.6. The first-order valence-corrected chi connectivity index (χ1v) is 14.4. The number of benzene rings is 3. The van der Waals surface area contributed by atoms with Gasteiger partial charge in [0.15, 0.2) is 0 Å². The van der Waals surface area contributed by atoms with Crippen molar-refractivity contribution in [2.75, 3.05) is 13.1 Å². The number of carboxylic acid groups (broad SMARTS) is 1. The van der Waals surface area contributed by atoms with Gasteiger partial charge in [0.1, 0.15) is 17.1 Å². The number of carbonyl (C=O) groups is 3.